The molecule has 0 aliphatic heterocycles. The van der Waals surface area contributed by atoms with Gasteiger partial charge in [0.1, 0.15) is 5.75 Å². The SMILES string of the molecule is NC(=O)n1nc(-c2ccc(NC(=O)c3c(Cl)cccc3Cl)cc2O)cc1C1CC1. The first-order chi connectivity index (χ1) is 13.8. The van der Waals surface area contributed by atoms with Crippen molar-refractivity contribution in [3.05, 3.63) is 63.8 Å². The number of primary amides is 1. The van der Waals surface area contributed by atoms with Crippen molar-refractivity contribution in [3.8, 4) is 17.0 Å². The summed E-state index contributed by atoms with van der Waals surface area (Å²) in [6.45, 7) is 0. The summed E-state index contributed by atoms with van der Waals surface area (Å²) in [5.41, 5.74) is 7.47. The third-order valence-electron chi connectivity index (χ3n) is 4.66. The number of benzene rings is 2. The van der Waals surface area contributed by atoms with Crippen LogP contribution in [0.25, 0.3) is 11.3 Å². The molecule has 0 atom stereocenters. The molecule has 0 bridgehead atoms. The number of aromatic hydroxyl groups is 1. The van der Waals surface area contributed by atoms with E-state index in [0.717, 1.165) is 18.5 Å². The standard InChI is InChI=1S/C20H16Cl2N4O3/c21-13-2-1-3-14(22)18(13)19(28)24-11-6-7-12(17(27)8-11)15-9-16(10-4-5-10)26(25-15)20(23)29/h1-3,6-10,27H,4-5H2,(H2,23,29)(H,24,28). The Morgan fingerprint density at radius 1 is 1.14 bits per heavy atom. The van der Waals surface area contributed by atoms with Gasteiger partial charge in [0.05, 0.1) is 27.0 Å². The lowest BCUT2D eigenvalue weighted by molar-refractivity contribution is 0.102. The van der Waals surface area contributed by atoms with Crippen LogP contribution in [0.15, 0.2) is 42.5 Å². The molecular weight excluding hydrogens is 415 g/mol. The van der Waals surface area contributed by atoms with Crippen molar-refractivity contribution in [1.82, 2.24) is 9.78 Å². The maximum absolute atomic E-state index is 12.5. The van der Waals surface area contributed by atoms with Crippen LogP contribution in [0.4, 0.5) is 10.5 Å². The van der Waals surface area contributed by atoms with Crippen molar-refractivity contribution in [2.75, 3.05) is 5.32 Å². The minimum Gasteiger partial charge on any atom is -0.507 e. The van der Waals surface area contributed by atoms with Gasteiger partial charge in [0, 0.05) is 23.2 Å². The Morgan fingerprint density at radius 3 is 2.41 bits per heavy atom. The largest absolute Gasteiger partial charge is 0.507 e. The van der Waals surface area contributed by atoms with Gasteiger partial charge in [-0.05, 0) is 43.2 Å². The zero-order valence-electron chi connectivity index (χ0n) is 15.0. The molecule has 2 aromatic carbocycles. The van der Waals surface area contributed by atoms with E-state index >= 15 is 0 Å². The lowest BCUT2D eigenvalue weighted by atomic mass is 10.1. The maximum Gasteiger partial charge on any atom is 0.339 e. The first-order valence-electron chi connectivity index (χ1n) is 8.83. The van der Waals surface area contributed by atoms with Gasteiger partial charge in [0.25, 0.3) is 5.91 Å². The molecule has 29 heavy (non-hydrogen) atoms. The molecular formula is C20H16Cl2N4O3. The fraction of sp³-hybridized carbons (Fsp3) is 0.150. The zero-order valence-corrected chi connectivity index (χ0v) is 16.5. The fourth-order valence-electron chi connectivity index (χ4n) is 3.11. The molecule has 0 spiro atoms. The second-order valence-electron chi connectivity index (χ2n) is 6.76. The Morgan fingerprint density at radius 2 is 1.83 bits per heavy atom. The molecule has 2 amide bonds. The highest BCUT2D eigenvalue weighted by atomic mass is 35.5. The number of carbonyl (C=O) groups excluding carboxylic acids is 2. The second kappa shape index (κ2) is 7.42. The van der Waals surface area contributed by atoms with E-state index in [-0.39, 0.29) is 27.3 Å². The number of aromatic nitrogens is 2. The average molecular weight is 431 g/mol. The van der Waals surface area contributed by atoms with Crippen LogP contribution in [0.5, 0.6) is 5.75 Å². The molecule has 0 saturated heterocycles. The maximum atomic E-state index is 12.5. The van der Waals surface area contributed by atoms with Gasteiger partial charge in [-0.3, -0.25) is 4.79 Å². The number of hydrogen-bond acceptors (Lipinski definition) is 4. The van der Waals surface area contributed by atoms with Crippen LogP contribution in [-0.2, 0) is 0 Å². The van der Waals surface area contributed by atoms with E-state index in [1.807, 2.05) is 0 Å². The number of rotatable bonds is 4. The predicted molar refractivity (Wildman–Crippen MR) is 111 cm³/mol. The first kappa shape index (κ1) is 19.3. The molecule has 0 unspecified atom stereocenters. The molecule has 0 radical (unpaired) electrons. The van der Waals surface area contributed by atoms with E-state index in [1.165, 1.54) is 10.7 Å². The van der Waals surface area contributed by atoms with Gasteiger partial charge in [0.2, 0.25) is 0 Å². The van der Waals surface area contributed by atoms with Crippen LogP contribution >= 0.6 is 23.2 Å². The fourth-order valence-corrected chi connectivity index (χ4v) is 3.68. The average Bonchev–Trinajstić information content (AvgIpc) is 3.40. The number of nitrogens with one attached hydrogen (secondary N) is 1. The van der Waals surface area contributed by atoms with Gasteiger partial charge >= 0.3 is 6.03 Å². The Hall–Kier alpha value is -3.03. The molecule has 7 nitrogen and oxygen atoms in total. The van der Waals surface area contributed by atoms with Gasteiger partial charge in [-0.25, -0.2) is 4.79 Å². The summed E-state index contributed by atoms with van der Waals surface area (Å²) in [6, 6.07) is 10.4. The molecule has 1 aliphatic carbocycles. The topological polar surface area (TPSA) is 110 Å². The van der Waals surface area contributed by atoms with E-state index in [9.17, 15) is 14.7 Å². The molecule has 9 heteroatoms. The quantitative estimate of drug-likeness (QED) is 0.560. The van der Waals surface area contributed by atoms with Crippen molar-refractivity contribution < 1.29 is 14.7 Å². The molecule has 1 heterocycles. The monoisotopic (exact) mass is 430 g/mol. The molecule has 1 aliphatic rings. The van der Waals surface area contributed by atoms with E-state index in [0.29, 0.717) is 16.9 Å². The molecule has 1 fully saturated rings. The first-order valence-corrected chi connectivity index (χ1v) is 9.59. The highest BCUT2D eigenvalue weighted by molar-refractivity contribution is 6.40. The highest BCUT2D eigenvalue weighted by Crippen LogP contribution is 2.42. The van der Waals surface area contributed by atoms with Gasteiger partial charge < -0.3 is 16.2 Å². The summed E-state index contributed by atoms with van der Waals surface area (Å²) in [4.78, 5) is 24.1. The number of phenols is 1. The predicted octanol–water partition coefficient (Wildman–Crippen LogP) is 4.62. The smallest absolute Gasteiger partial charge is 0.339 e. The minimum absolute atomic E-state index is 0.107. The van der Waals surface area contributed by atoms with Crippen LogP contribution in [-0.4, -0.2) is 26.8 Å². The number of hydrogen-bond donors (Lipinski definition) is 3. The lowest BCUT2D eigenvalue weighted by Gasteiger charge is -2.10. The van der Waals surface area contributed by atoms with Gasteiger partial charge in [-0.15, -0.1) is 0 Å². The number of phenolic OH excluding ortho intramolecular Hbond substituents is 1. The second-order valence-corrected chi connectivity index (χ2v) is 7.58. The highest BCUT2D eigenvalue weighted by Gasteiger charge is 2.30. The number of amides is 2. The Labute approximate surface area is 176 Å². The van der Waals surface area contributed by atoms with E-state index in [4.69, 9.17) is 28.9 Å². The Bertz CT molecular complexity index is 1120. The number of nitrogens with two attached hydrogens (primary N) is 1. The summed E-state index contributed by atoms with van der Waals surface area (Å²) in [5, 5.41) is 17.8. The Balaban J connectivity index is 1.61. The van der Waals surface area contributed by atoms with Crippen LogP contribution in [0, 0.1) is 0 Å². The van der Waals surface area contributed by atoms with Crippen molar-refractivity contribution in [2.24, 2.45) is 5.73 Å². The zero-order chi connectivity index (χ0) is 20.7. The molecule has 1 saturated carbocycles. The Kier molecular flexibility index (Phi) is 4.94. The van der Waals surface area contributed by atoms with Gasteiger partial charge in [-0.1, -0.05) is 29.3 Å². The number of carbonyl (C=O) groups is 2. The van der Waals surface area contributed by atoms with Crippen molar-refractivity contribution >= 4 is 40.8 Å². The normalized spacial score (nSPS) is 13.3. The van der Waals surface area contributed by atoms with Gasteiger partial charge in [0.15, 0.2) is 0 Å². The third kappa shape index (κ3) is 3.79. The summed E-state index contributed by atoms with van der Waals surface area (Å²) >= 11 is 12.1. The van der Waals surface area contributed by atoms with Gasteiger partial charge in [-0.2, -0.15) is 9.78 Å². The van der Waals surface area contributed by atoms with Crippen molar-refractivity contribution in [3.63, 3.8) is 0 Å². The van der Waals surface area contributed by atoms with Crippen molar-refractivity contribution in [1.29, 1.82) is 0 Å². The summed E-state index contributed by atoms with van der Waals surface area (Å²) < 4.78 is 1.17. The van der Waals surface area contributed by atoms with Crippen LogP contribution in [0.2, 0.25) is 10.0 Å². The summed E-state index contributed by atoms with van der Waals surface area (Å²) in [6.07, 6.45) is 1.94. The molecule has 148 valence electrons. The van der Waals surface area contributed by atoms with Crippen LogP contribution in [0.3, 0.4) is 0 Å². The van der Waals surface area contributed by atoms with E-state index in [2.05, 4.69) is 10.4 Å². The van der Waals surface area contributed by atoms with E-state index < -0.39 is 11.9 Å². The summed E-state index contributed by atoms with van der Waals surface area (Å²) in [5.74, 6) is -0.351. The number of anilines is 1. The minimum atomic E-state index is -0.668. The number of halogens is 2. The molecule has 1 aromatic heterocycles. The third-order valence-corrected chi connectivity index (χ3v) is 5.29. The lowest BCUT2D eigenvalue weighted by Crippen LogP contribution is -2.22. The van der Waals surface area contributed by atoms with Crippen LogP contribution in [0.1, 0.15) is 34.8 Å². The van der Waals surface area contributed by atoms with Crippen molar-refractivity contribution in [2.45, 2.75) is 18.8 Å². The molecule has 4 N–H and O–H groups in total. The number of nitrogens with zero attached hydrogens (tertiary/aromatic N) is 2. The summed E-state index contributed by atoms with van der Waals surface area (Å²) in [7, 11) is 0. The van der Waals surface area contributed by atoms with E-state index in [1.54, 1.807) is 36.4 Å². The van der Waals surface area contributed by atoms with Crippen LogP contribution < -0.4 is 11.1 Å². The molecule has 4 rings (SSSR count). The molecule has 3 aromatic rings.